The van der Waals surface area contributed by atoms with Crippen LogP contribution >= 0.6 is 0 Å². The highest BCUT2D eigenvalue weighted by Gasteiger charge is 2.57. The maximum atomic E-state index is 11.8. The summed E-state index contributed by atoms with van der Waals surface area (Å²) in [7, 11) is 0. The summed E-state index contributed by atoms with van der Waals surface area (Å²) in [5, 5.41) is 9.75. The van der Waals surface area contributed by atoms with Crippen LogP contribution in [-0.2, 0) is 11.2 Å². The van der Waals surface area contributed by atoms with Crippen molar-refractivity contribution in [3.8, 4) is 0 Å². The highest BCUT2D eigenvalue weighted by atomic mass is 16.4. The van der Waals surface area contributed by atoms with Gasteiger partial charge >= 0.3 is 5.97 Å². The first-order chi connectivity index (χ1) is 10.9. The van der Waals surface area contributed by atoms with Crippen LogP contribution in [0.5, 0.6) is 0 Å². The van der Waals surface area contributed by atoms with E-state index in [0.717, 1.165) is 38.5 Å². The molecule has 1 aromatic rings. The standard InChI is InChI=1S/C20H30O3/c1-14-7-10-20(3)16(18(21)22)5-4-6-17(20)19(14,2)11-8-15-9-12-23-13-15/h9,12-14,16-17H,4-8,10-11H2,1-3H3,(H,21,22)/t14-,16-,17-,19+,20+/m1/s1. The van der Waals surface area contributed by atoms with E-state index in [2.05, 4.69) is 26.8 Å². The summed E-state index contributed by atoms with van der Waals surface area (Å²) in [5.41, 5.74) is 1.44. The van der Waals surface area contributed by atoms with Crippen LogP contribution in [0.25, 0.3) is 0 Å². The lowest BCUT2D eigenvalue weighted by molar-refractivity contribution is -0.164. The van der Waals surface area contributed by atoms with E-state index in [-0.39, 0.29) is 16.7 Å². The van der Waals surface area contributed by atoms with Gasteiger partial charge in [0.1, 0.15) is 0 Å². The van der Waals surface area contributed by atoms with Gasteiger partial charge in [0, 0.05) is 0 Å². The van der Waals surface area contributed by atoms with Crippen LogP contribution in [0.3, 0.4) is 0 Å². The lowest BCUT2D eigenvalue weighted by atomic mass is 9.44. The maximum absolute atomic E-state index is 11.8. The van der Waals surface area contributed by atoms with Gasteiger partial charge in [-0.05, 0) is 72.8 Å². The van der Waals surface area contributed by atoms with E-state index in [9.17, 15) is 9.90 Å². The van der Waals surface area contributed by atoms with Crippen LogP contribution in [0.4, 0.5) is 0 Å². The Bertz CT molecular complexity index is 549. The minimum absolute atomic E-state index is 0.0399. The van der Waals surface area contributed by atoms with Gasteiger partial charge in [-0.2, -0.15) is 0 Å². The van der Waals surface area contributed by atoms with Gasteiger partial charge in [0.05, 0.1) is 18.4 Å². The first kappa shape index (κ1) is 16.6. The Morgan fingerprint density at radius 2 is 2.13 bits per heavy atom. The van der Waals surface area contributed by atoms with E-state index in [1.54, 1.807) is 6.26 Å². The monoisotopic (exact) mass is 318 g/mol. The molecule has 2 saturated carbocycles. The molecule has 0 saturated heterocycles. The average Bonchev–Trinajstić information content (AvgIpc) is 3.02. The summed E-state index contributed by atoms with van der Waals surface area (Å²) >= 11 is 0. The predicted molar refractivity (Wildman–Crippen MR) is 90.1 cm³/mol. The topological polar surface area (TPSA) is 50.4 Å². The van der Waals surface area contributed by atoms with Gasteiger partial charge in [-0.3, -0.25) is 4.79 Å². The summed E-state index contributed by atoms with van der Waals surface area (Å²) < 4.78 is 5.21. The third kappa shape index (κ3) is 2.72. The lowest BCUT2D eigenvalue weighted by Crippen LogP contribution is -2.54. The van der Waals surface area contributed by atoms with Crippen molar-refractivity contribution >= 4 is 5.97 Å². The number of hydrogen-bond acceptors (Lipinski definition) is 2. The number of fused-ring (bicyclic) bond motifs is 1. The molecule has 5 atom stereocenters. The Hall–Kier alpha value is -1.25. The zero-order chi connectivity index (χ0) is 16.7. The number of aliphatic carboxylic acids is 1. The lowest BCUT2D eigenvalue weighted by Gasteiger charge is -2.60. The minimum atomic E-state index is -0.580. The second-order valence-electron chi connectivity index (χ2n) is 8.46. The summed E-state index contributed by atoms with van der Waals surface area (Å²) in [4.78, 5) is 11.8. The zero-order valence-corrected chi connectivity index (χ0v) is 14.7. The van der Waals surface area contributed by atoms with Crippen molar-refractivity contribution in [3.63, 3.8) is 0 Å². The smallest absolute Gasteiger partial charge is 0.307 e. The molecule has 2 aliphatic carbocycles. The third-order valence-electron chi connectivity index (χ3n) is 7.45. The number of rotatable bonds is 4. The summed E-state index contributed by atoms with van der Waals surface area (Å²) in [6, 6.07) is 2.05. The van der Waals surface area contributed by atoms with Crippen molar-refractivity contribution in [3.05, 3.63) is 24.2 Å². The Morgan fingerprint density at radius 1 is 1.35 bits per heavy atom. The fraction of sp³-hybridized carbons (Fsp3) is 0.750. The molecule has 0 radical (unpaired) electrons. The molecule has 0 aliphatic heterocycles. The molecule has 0 unspecified atom stereocenters. The molecule has 0 bridgehead atoms. The number of aryl methyl sites for hydroxylation is 1. The van der Waals surface area contributed by atoms with E-state index in [0.29, 0.717) is 11.8 Å². The highest BCUT2D eigenvalue weighted by Crippen LogP contribution is 2.63. The number of furan rings is 1. The van der Waals surface area contributed by atoms with Gasteiger partial charge in [-0.15, -0.1) is 0 Å². The van der Waals surface area contributed by atoms with Crippen LogP contribution in [0.2, 0.25) is 0 Å². The van der Waals surface area contributed by atoms with Crippen molar-refractivity contribution < 1.29 is 14.3 Å². The number of carbonyl (C=O) groups is 1. The van der Waals surface area contributed by atoms with Crippen LogP contribution in [-0.4, -0.2) is 11.1 Å². The molecule has 3 heteroatoms. The molecule has 128 valence electrons. The molecule has 2 aliphatic rings. The Balaban J connectivity index is 1.86. The van der Waals surface area contributed by atoms with E-state index in [4.69, 9.17) is 4.42 Å². The van der Waals surface area contributed by atoms with E-state index < -0.39 is 5.97 Å². The van der Waals surface area contributed by atoms with Crippen molar-refractivity contribution in [2.75, 3.05) is 0 Å². The fourth-order valence-electron chi connectivity index (χ4n) is 5.74. The van der Waals surface area contributed by atoms with Crippen molar-refractivity contribution in [1.82, 2.24) is 0 Å². The van der Waals surface area contributed by atoms with Gasteiger partial charge in [0.25, 0.3) is 0 Å². The maximum Gasteiger partial charge on any atom is 0.307 e. The molecule has 2 fully saturated rings. The fourth-order valence-corrected chi connectivity index (χ4v) is 5.74. The molecule has 0 amide bonds. The largest absolute Gasteiger partial charge is 0.481 e. The van der Waals surface area contributed by atoms with Crippen molar-refractivity contribution in [2.45, 2.75) is 65.7 Å². The Kier molecular flexibility index (Phi) is 4.33. The molecule has 1 aromatic heterocycles. The quantitative estimate of drug-likeness (QED) is 0.834. The SMILES string of the molecule is C[C@@H]1CC[C@]2(C)[C@H](CCC[C@@H]2C(=O)O)[C@@]1(C)CCc1ccoc1. The average molecular weight is 318 g/mol. The molecular weight excluding hydrogens is 288 g/mol. The summed E-state index contributed by atoms with van der Waals surface area (Å²) in [6.07, 6.45) is 11.1. The zero-order valence-electron chi connectivity index (χ0n) is 14.7. The van der Waals surface area contributed by atoms with E-state index in [1.807, 2.05) is 6.26 Å². The molecule has 23 heavy (non-hydrogen) atoms. The van der Waals surface area contributed by atoms with Crippen LogP contribution in [0, 0.1) is 28.6 Å². The van der Waals surface area contributed by atoms with Gasteiger partial charge < -0.3 is 9.52 Å². The van der Waals surface area contributed by atoms with Gasteiger partial charge in [0.2, 0.25) is 0 Å². The van der Waals surface area contributed by atoms with Crippen molar-refractivity contribution in [2.24, 2.45) is 28.6 Å². The number of carboxylic acid groups (broad SMARTS) is 1. The summed E-state index contributed by atoms with van der Waals surface area (Å²) in [5.74, 6) is 0.423. The van der Waals surface area contributed by atoms with Gasteiger partial charge in [0.15, 0.2) is 0 Å². The van der Waals surface area contributed by atoms with E-state index >= 15 is 0 Å². The number of hydrogen-bond donors (Lipinski definition) is 1. The minimum Gasteiger partial charge on any atom is -0.481 e. The summed E-state index contributed by atoms with van der Waals surface area (Å²) in [6.45, 7) is 7.06. The van der Waals surface area contributed by atoms with E-state index in [1.165, 1.54) is 12.0 Å². The van der Waals surface area contributed by atoms with Gasteiger partial charge in [-0.25, -0.2) is 0 Å². The molecule has 0 aromatic carbocycles. The molecular formula is C20H30O3. The second kappa shape index (κ2) is 5.99. The van der Waals surface area contributed by atoms with Crippen LogP contribution in [0.15, 0.2) is 23.0 Å². The predicted octanol–water partition coefficient (Wildman–Crippen LogP) is 5.16. The molecule has 1 heterocycles. The second-order valence-corrected chi connectivity index (χ2v) is 8.46. The van der Waals surface area contributed by atoms with Crippen LogP contribution in [0.1, 0.15) is 64.9 Å². The molecule has 1 N–H and O–H groups in total. The molecule has 0 spiro atoms. The normalized spacial score (nSPS) is 40.6. The third-order valence-corrected chi connectivity index (χ3v) is 7.45. The van der Waals surface area contributed by atoms with Crippen molar-refractivity contribution in [1.29, 1.82) is 0 Å². The Labute approximate surface area is 139 Å². The van der Waals surface area contributed by atoms with Gasteiger partial charge in [-0.1, -0.05) is 27.2 Å². The Morgan fingerprint density at radius 3 is 2.78 bits per heavy atom. The first-order valence-electron chi connectivity index (χ1n) is 9.12. The molecule has 3 nitrogen and oxygen atoms in total. The number of carboxylic acids is 1. The highest BCUT2D eigenvalue weighted by molar-refractivity contribution is 5.71. The molecule has 3 rings (SSSR count). The first-order valence-corrected chi connectivity index (χ1v) is 9.12. The van der Waals surface area contributed by atoms with Crippen LogP contribution < -0.4 is 0 Å².